The second-order valence-electron chi connectivity index (χ2n) is 7.05. The first-order valence-corrected chi connectivity index (χ1v) is 9.67. The molecule has 8 nitrogen and oxygen atoms in total. The van der Waals surface area contributed by atoms with Gasteiger partial charge in [0, 0.05) is 19.6 Å². The minimum Gasteiger partial charge on any atom is -0.493 e. The smallest absolute Gasteiger partial charge is 0.201 e. The van der Waals surface area contributed by atoms with Gasteiger partial charge in [0.2, 0.25) is 5.71 Å². The molecule has 0 atom stereocenters. The zero-order valence-electron chi connectivity index (χ0n) is 17.2. The van der Waals surface area contributed by atoms with E-state index in [9.17, 15) is 0 Å². The summed E-state index contributed by atoms with van der Waals surface area (Å²) in [6, 6.07) is 13.8. The number of benzene rings is 2. The summed E-state index contributed by atoms with van der Waals surface area (Å²) in [5.41, 5.74) is 12.5. The van der Waals surface area contributed by atoms with Crippen molar-refractivity contribution in [2.45, 2.75) is 19.4 Å². The lowest BCUT2D eigenvalue weighted by Gasteiger charge is -2.29. The molecule has 1 aliphatic rings. The van der Waals surface area contributed by atoms with Crippen LogP contribution >= 0.6 is 0 Å². The highest BCUT2D eigenvalue weighted by molar-refractivity contribution is 6.45. The zero-order chi connectivity index (χ0) is 21.5. The number of methoxy groups -OCH3 is 2. The number of nitriles is 1. The monoisotopic (exact) mass is 406 g/mol. The van der Waals surface area contributed by atoms with E-state index in [0.29, 0.717) is 0 Å². The van der Waals surface area contributed by atoms with Gasteiger partial charge in [0.15, 0.2) is 17.3 Å². The standard InChI is InChI=1S/C22H26N6O2/c1-29-20-11-16-8-10-28(14-17(16)12-21(20)30-2)9-7-15-3-5-18(6-4-15)26-27-19(13-23)22(24)25/h3-6,11-12,26H,7-10,14H2,1-2H3,(H3,24,25)/b27-19+. The fraction of sp³-hybridized carbons (Fsp3) is 0.318. The van der Waals surface area contributed by atoms with Crippen LogP contribution in [0, 0.1) is 16.7 Å². The molecule has 2 aromatic carbocycles. The van der Waals surface area contributed by atoms with Gasteiger partial charge in [-0.2, -0.15) is 10.4 Å². The van der Waals surface area contributed by atoms with Crippen LogP contribution in [0.2, 0.25) is 0 Å². The molecule has 0 fully saturated rings. The van der Waals surface area contributed by atoms with E-state index < -0.39 is 0 Å². The molecule has 0 spiro atoms. The predicted octanol–water partition coefficient (Wildman–Crippen LogP) is 2.53. The second kappa shape index (κ2) is 9.76. The van der Waals surface area contributed by atoms with Crippen LogP contribution in [0.25, 0.3) is 0 Å². The molecule has 0 saturated heterocycles. The van der Waals surface area contributed by atoms with E-state index in [2.05, 4.69) is 27.6 Å². The lowest BCUT2D eigenvalue weighted by atomic mass is 9.98. The SMILES string of the molecule is COc1cc2c(cc1OC)CN(CCc1ccc(N/N=C(\C#N)C(=N)N)cc1)CC2. The van der Waals surface area contributed by atoms with E-state index in [1.807, 2.05) is 24.3 Å². The molecule has 0 saturated carbocycles. The first-order chi connectivity index (χ1) is 14.5. The first-order valence-electron chi connectivity index (χ1n) is 9.67. The Hall–Kier alpha value is -3.57. The van der Waals surface area contributed by atoms with E-state index >= 15 is 0 Å². The van der Waals surface area contributed by atoms with Gasteiger partial charge in [-0.1, -0.05) is 12.1 Å². The van der Waals surface area contributed by atoms with Crippen LogP contribution in [0.3, 0.4) is 0 Å². The van der Waals surface area contributed by atoms with Crippen LogP contribution in [-0.4, -0.2) is 43.8 Å². The maximum absolute atomic E-state index is 8.87. The molecule has 2 aromatic rings. The van der Waals surface area contributed by atoms with Crippen molar-refractivity contribution in [2.75, 3.05) is 32.7 Å². The number of hydrogen-bond donors (Lipinski definition) is 3. The Kier molecular flexibility index (Phi) is 6.88. The summed E-state index contributed by atoms with van der Waals surface area (Å²) < 4.78 is 10.8. The number of nitrogens with two attached hydrogens (primary N) is 1. The third kappa shape index (κ3) is 5.07. The predicted molar refractivity (Wildman–Crippen MR) is 117 cm³/mol. The summed E-state index contributed by atoms with van der Waals surface area (Å²) in [5, 5.41) is 20.0. The van der Waals surface area contributed by atoms with Crippen LogP contribution in [-0.2, 0) is 19.4 Å². The lowest BCUT2D eigenvalue weighted by Crippen LogP contribution is -2.32. The lowest BCUT2D eigenvalue weighted by molar-refractivity contribution is 0.255. The normalized spacial score (nSPS) is 13.8. The number of amidine groups is 1. The van der Waals surface area contributed by atoms with Crippen LogP contribution in [0.1, 0.15) is 16.7 Å². The molecule has 1 heterocycles. The van der Waals surface area contributed by atoms with Gasteiger partial charge in [0.25, 0.3) is 0 Å². The van der Waals surface area contributed by atoms with Gasteiger partial charge in [-0.25, -0.2) is 0 Å². The number of nitrogens with zero attached hydrogens (tertiary/aromatic N) is 3. The Balaban J connectivity index is 1.57. The van der Waals surface area contributed by atoms with Gasteiger partial charge < -0.3 is 15.2 Å². The minimum absolute atomic E-state index is 0.140. The van der Waals surface area contributed by atoms with E-state index in [4.69, 9.17) is 25.9 Å². The molecule has 0 unspecified atom stereocenters. The molecule has 0 radical (unpaired) electrons. The maximum atomic E-state index is 8.87. The van der Waals surface area contributed by atoms with Crippen LogP contribution in [0.15, 0.2) is 41.5 Å². The molecule has 8 heteroatoms. The topological polar surface area (TPSA) is 120 Å². The molecule has 1 aliphatic heterocycles. The Morgan fingerprint density at radius 1 is 1.20 bits per heavy atom. The van der Waals surface area contributed by atoms with Crippen molar-refractivity contribution in [3.63, 3.8) is 0 Å². The highest BCUT2D eigenvalue weighted by atomic mass is 16.5. The van der Waals surface area contributed by atoms with E-state index in [1.165, 1.54) is 16.7 Å². The van der Waals surface area contributed by atoms with E-state index in [0.717, 1.165) is 49.7 Å². The van der Waals surface area contributed by atoms with Crippen molar-refractivity contribution in [1.29, 1.82) is 10.7 Å². The number of nitrogens with one attached hydrogen (secondary N) is 2. The number of hydrazone groups is 1. The number of anilines is 1. The largest absolute Gasteiger partial charge is 0.493 e. The Morgan fingerprint density at radius 2 is 1.87 bits per heavy atom. The van der Waals surface area contributed by atoms with Crippen molar-refractivity contribution in [3.05, 3.63) is 53.1 Å². The highest BCUT2D eigenvalue weighted by Crippen LogP contribution is 2.33. The summed E-state index contributed by atoms with van der Waals surface area (Å²) in [4.78, 5) is 2.44. The van der Waals surface area contributed by atoms with Crippen molar-refractivity contribution in [1.82, 2.24) is 4.90 Å². The summed E-state index contributed by atoms with van der Waals surface area (Å²) in [7, 11) is 3.33. The molecule has 0 aliphatic carbocycles. The molecule has 4 N–H and O–H groups in total. The maximum Gasteiger partial charge on any atom is 0.201 e. The molecule has 0 amide bonds. The molecular formula is C22H26N6O2. The molecule has 0 bridgehead atoms. The summed E-state index contributed by atoms with van der Waals surface area (Å²) in [6.07, 6.45) is 1.93. The van der Waals surface area contributed by atoms with Gasteiger partial charge >= 0.3 is 0 Å². The Bertz CT molecular complexity index is 978. The number of hydrogen-bond acceptors (Lipinski definition) is 7. The minimum atomic E-state index is -0.360. The van der Waals surface area contributed by atoms with Crippen molar-refractivity contribution in [2.24, 2.45) is 10.8 Å². The van der Waals surface area contributed by atoms with E-state index in [1.54, 1.807) is 20.3 Å². The van der Waals surface area contributed by atoms with Gasteiger partial charge in [-0.15, -0.1) is 0 Å². The van der Waals surface area contributed by atoms with E-state index in [-0.39, 0.29) is 11.5 Å². The van der Waals surface area contributed by atoms with Crippen molar-refractivity contribution < 1.29 is 9.47 Å². The summed E-state index contributed by atoms with van der Waals surface area (Å²) in [5.74, 6) is 1.20. The number of ether oxygens (including phenoxy) is 2. The van der Waals surface area contributed by atoms with Gasteiger partial charge in [0.05, 0.1) is 19.9 Å². The molecule has 0 aromatic heterocycles. The van der Waals surface area contributed by atoms with Gasteiger partial charge in [0.1, 0.15) is 6.07 Å². The number of rotatable bonds is 8. The fourth-order valence-corrected chi connectivity index (χ4v) is 3.43. The third-order valence-corrected chi connectivity index (χ3v) is 5.13. The van der Waals surface area contributed by atoms with Crippen LogP contribution in [0.5, 0.6) is 11.5 Å². The third-order valence-electron chi connectivity index (χ3n) is 5.13. The van der Waals surface area contributed by atoms with Gasteiger partial charge in [-0.3, -0.25) is 15.7 Å². The molecule has 30 heavy (non-hydrogen) atoms. The zero-order valence-corrected chi connectivity index (χ0v) is 17.2. The summed E-state index contributed by atoms with van der Waals surface area (Å²) in [6.45, 7) is 2.87. The average molecular weight is 406 g/mol. The fourth-order valence-electron chi connectivity index (χ4n) is 3.43. The average Bonchev–Trinajstić information content (AvgIpc) is 2.77. The van der Waals surface area contributed by atoms with Crippen molar-refractivity contribution >= 4 is 17.2 Å². The Labute approximate surface area is 176 Å². The molecular weight excluding hydrogens is 380 g/mol. The highest BCUT2D eigenvalue weighted by Gasteiger charge is 2.19. The second-order valence-corrected chi connectivity index (χ2v) is 7.05. The molecule has 3 rings (SSSR count). The Morgan fingerprint density at radius 3 is 2.47 bits per heavy atom. The van der Waals surface area contributed by atoms with Crippen molar-refractivity contribution in [3.8, 4) is 17.6 Å². The summed E-state index contributed by atoms with van der Waals surface area (Å²) >= 11 is 0. The van der Waals surface area contributed by atoms with Crippen LogP contribution in [0.4, 0.5) is 5.69 Å². The van der Waals surface area contributed by atoms with Gasteiger partial charge in [-0.05, 0) is 53.8 Å². The number of fused-ring (bicyclic) bond motifs is 1. The van der Waals surface area contributed by atoms with Crippen LogP contribution < -0.4 is 20.6 Å². The molecule has 156 valence electrons. The quantitative estimate of drug-likeness (QED) is 0.352. The first kappa shape index (κ1) is 21.1.